The van der Waals surface area contributed by atoms with Gasteiger partial charge in [0.2, 0.25) is 6.29 Å². The molecular weight excluding hydrogens is 1200 g/mol. The highest BCUT2D eigenvalue weighted by atomic mass is 16.8. The first-order valence-corrected chi connectivity index (χ1v) is 31.8. The summed E-state index contributed by atoms with van der Waals surface area (Å²) in [5.41, 5.74) is -4.46. The van der Waals surface area contributed by atoms with Gasteiger partial charge in [-0.2, -0.15) is 0 Å². The summed E-state index contributed by atoms with van der Waals surface area (Å²) in [6.45, 7) is 16.8. The van der Waals surface area contributed by atoms with Crippen LogP contribution < -0.4 is 4.74 Å². The third kappa shape index (κ3) is 11.4. The van der Waals surface area contributed by atoms with Gasteiger partial charge < -0.3 is 113 Å². The fourth-order valence-corrected chi connectivity index (χ4v) is 17.9. The van der Waals surface area contributed by atoms with Crippen molar-refractivity contribution in [1.82, 2.24) is 0 Å². The molecule has 0 radical (unpaired) electrons. The Morgan fingerprint density at radius 2 is 1.25 bits per heavy atom. The number of carboxylic acid groups (broad SMARTS) is 1. The molecule has 4 heterocycles. The number of rotatable bonds is 15. The first-order valence-electron chi connectivity index (χ1n) is 31.8. The van der Waals surface area contributed by atoms with Gasteiger partial charge >= 0.3 is 17.9 Å². The summed E-state index contributed by atoms with van der Waals surface area (Å²) in [4.78, 5) is 55.7. The molecule has 0 unspecified atom stereocenters. The van der Waals surface area contributed by atoms with Gasteiger partial charge in [-0.15, -0.1) is 0 Å². The maximum atomic E-state index is 15.8. The normalized spacial score (nSPS) is 49.6. The molecule has 10 rings (SSSR count). The van der Waals surface area contributed by atoms with E-state index in [0.29, 0.717) is 49.8 Å². The summed E-state index contributed by atoms with van der Waals surface area (Å²) in [6.07, 6.45) is -28.2. The van der Waals surface area contributed by atoms with Crippen molar-refractivity contribution < 1.29 is 128 Å². The highest BCUT2D eigenvalue weighted by molar-refractivity contribution is 5.87. The smallest absolute Gasteiger partial charge is 0.335 e. The van der Waals surface area contributed by atoms with Crippen molar-refractivity contribution in [1.29, 1.82) is 0 Å². The maximum Gasteiger partial charge on any atom is 0.335 e. The molecular formula is C65H94O26. The summed E-state index contributed by atoms with van der Waals surface area (Å²) in [5, 5.41) is 133. The number of aliphatic carboxylic acids is 1. The van der Waals surface area contributed by atoms with Crippen molar-refractivity contribution in [3.05, 3.63) is 47.6 Å². The number of hydrogen-bond acceptors (Lipinski definition) is 25. The molecule has 0 bridgehead atoms. The molecule has 1 aromatic carbocycles. The Kier molecular flexibility index (Phi) is 19.5. The molecule has 26 nitrogen and oxygen atoms in total. The largest absolute Gasteiger partial charge is 0.497 e. The summed E-state index contributed by atoms with van der Waals surface area (Å²) in [5.74, 6) is -3.82. The second-order valence-corrected chi connectivity index (χ2v) is 29.1. The number of carboxylic acids is 1. The van der Waals surface area contributed by atoms with Crippen LogP contribution in [0, 0.1) is 49.7 Å². The number of allylic oxidation sites excluding steroid dienone is 2. The van der Waals surface area contributed by atoms with E-state index in [4.69, 9.17) is 47.4 Å². The standard InChI is InChI=1S/C65H94O26/c1-29-40(70)42(72)46(76)54(83-29)90-52-48(78)49(87-39(69)16-13-31-11-14-32(82-10)15-12-31)30(2)84-56(52)91-58(81)65-24-23-59(3,4)25-34(65)33-17-21-63(8)61(6)20-19-38(60(5,28-67)36(61)18-22-64(63,9)62(33,7)26-37(65)68)86-57-51(45(75)44(74)50(88-57)53(79)80)89-55-47(77)43(73)41(71)35(27-66)85-55/h11-17,28-30,34-38,40-52,54-57,66,68,70-78H,18-27H2,1-10H3,(H,79,80)/b16-13-/t29-,30-,34-,35+,36-,37+,38-,40-,41-,42+,43-,44-,45-,46+,47+,48+,49+,50-,51+,52-,54-,55-,56+,57+,60-,61-,62+,63+,64-,65+/m0/s1. The predicted molar refractivity (Wildman–Crippen MR) is 313 cm³/mol. The Labute approximate surface area is 528 Å². The average Bonchev–Trinajstić information content (AvgIpc) is 0.659. The monoisotopic (exact) mass is 1290 g/mol. The molecule has 9 aliphatic rings. The summed E-state index contributed by atoms with van der Waals surface area (Å²) in [7, 11) is 1.52. The lowest BCUT2D eigenvalue weighted by Crippen LogP contribution is -2.72. The van der Waals surface area contributed by atoms with E-state index in [1.807, 2.05) is 0 Å². The molecule has 1 aromatic rings. The number of carbonyl (C=O) groups excluding carboxylic acids is 3. The number of hydrogen-bond donors (Lipinski definition) is 12. The minimum atomic E-state index is -2.10. The predicted octanol–water partition coefficient (Wildman–Crippen LogP) is 0.925. The van der Waals surface area contributed by atoms with Crippen LogP contribution in [0.4, 0.5) is 0 Å². The molecule has 5 aliphatic carbocycles. The number of methoxy groups -OCH3 is 1. The SMILES string of the molecule is COc1ccc(/C=C\C(=O)O[C@H]2[C@@H](O)[C@H](O[C@@H]3O[C@@H](C)[C@H](O)[C@@H](O)[C@H]3O)[C@@H](OC(=O)[C@]34CCC(C)(C)C[C@H]3C3=CC[C@@]5(C)[C@@](C)(CC[C@H]6[C@](C)(C=O)[C@@H](O[C@@H]7O[C@H](C(=O)O)[C@@H](O)[C@H](O)[C@H]7O[C@@H]7O[C@H](CO)[C@H](O)[C@H](O)[C@H]7O)CC[C@@]65C)[C@]3(C)C[C@H]4O)O[C@H]2C)cc1. The van der Waals surface area contributed by atoms with Crippen molar-refractivity contribution in [2.24, 2.45) is 49.7 Å². The number of aldehydes is 1. The molecule has 4 saturated heterocycles. The Morgan fingerprint density at radius 3 is 1.88 bits per heavy atom. The number of benzene rings is 1. The topological polar surface area (TPSA) is 403 Å². The first-order chi connectivity index (χ1) is 42.6. The van der Waals surface area contributed by atoms with E-state index in [1.165, 1.54) is 27.0 Å². The third-order valence-corrected chi connectivity index (χ3v) is 24.0. The van der Waals surface area contributed by atoms with Crippen molar-refractivity contribution in [2.45, 2.75) is 255 Å². The minimum absolute atomic E-state index is 0.0922. The Hall–Kier alpha value is -4.14. The van der Waals surface area contributed by atoms with Crippen LogP contribution in [-0.4, -0.2) is 234 Å². The van der Waals surface area contributed by atoms with Gasteiger partial charge in [0.1, 0.15) is 84.6 Å². The van der Waals surface area contributed by atoms with Crippen LogP contribution in [-0.2, 0) is 61.8 Å². The summed E-state index contributed by atoms with van der Waals surface area (Å²) >= 11 is 0. The molecule has 4 aliphatic heterocycles. The maximum absolute atomic E-state index is 15.8. The highest BCUT2D eigenvalue weighted by Gasteiger charge is 2.76. The zero-order chi connectivity index (χ0) is 66.6. The van der Waals surface area contributed by atoms with Gasteiger partial charge in [-0.1, -0.05) is 72.2 Å². The van der Waals surface area contributed by atoms with Crippen LogP contribution in [0.5, 0.6) is 5.75 Å². The molecule has 26 heteroatoms. The Balaban J connectivity index is 0.933. The fourth-order valence-electron chi connectivity index (χ4n) is 17.9. The van der Waals surface area contributed by atoms with Gasteiger partial charge in [0, 0.05) is 6.08 Å². The van der Waals surface area contributed by atoms with Crippen molar-refractivity contribution >= 4 is 30.3 Å². The molecule has 0 aromatic heterocycles. The molecule has 30 atom stereocenters. The van der Waals surface area contributed by atoms with E-state index >= 15 is 4.79 Å². The molecule has 510 valence electrons. The average molecular weight is 1290 g/mol. The van der Waals surface area contributed by atoms with E-state index < -0.39 is 204 Å². The van der Waals surface area contributed by atoms with Crippen molar-refractivity contribution in [2.75, 3.05) is 13.7 Å². The number of fused-ring (bicyclic) bond motifs is 7. The van der Waals surface area contributed by atoms with E-state index in [9.17, 15) is 75.7 Å². The van der Waals surface area contributed by atoms with Crippen LogP contribution in [0.1, 0.15) is 126 Å². The van der Waals surface area contributed by atoms with E-state index in [2.05, 4.69) is 47.6 Å². The van der Waals surface area contributed by atoms with E-state index in [0.717, 1.165) is 17.9 Å². The summed E-state index contributed by atoms with van der Waals surface area (Å²) in [6, 6.07) is 6.84. The number of aliphatic hydroxyl groups excluding tert-OH is 11. The third-order valence-electron chi connectivity index (χ3n) is 24.0. The van der Waals surface area contributed by atoms with Gasteiger partial charge in [-0.05, 0) is 134 Å². The number of aliphatic hydroxyl groups is 11. The number of carbonyl (C=O) groups is 4. The van der Waals surface area contributed by atoms with E-state index in [-0.39, 0.29) is 24.7 Å². The quantitative estimate of drug-likeness (QED) is 0.0382. The molecule has 12 N–H and O–H groups in total. The van der Waals surface area contributed by atoms with Crippen LogP contribution in [0.15, 0.2) is 42.0 Å². The lowest BCUT2D eigenvalue weighted by molar-refractivity contribution is -0.374. The second-order valence-electron chi connectivity index (χ2n) is 29.1. The van der Waals surface area contributed by atoms with Crippen LogP contribution >= 0.6 is 0 Å². The van der Waals surface area contributed by atoms with E-state index in [1.54, 1.807) is 31.2 Å². The Bertz CT molecular complexity index is 2890. The molecule has 8 fully saturated rings. The zero-order valence-electron chi connectivity index (χ0n) is 53.1. The molecule has 4 saturated carbocycles. The minimum Gasteiger partial charge on any atom is -0.497 e. The van der Waals surface area contributed by atoms with Crippen LogP contribution in [0.2, 0.25) is 0 Å². The van der Waals surface area contributed by atoms with Crippen molar-refractivity contribution in [3.8, 4) is 5.75 Å². The lowest BCUT2D eigenvalue weighted by Gasteiger charge is -2.75. The fraction of sp³-hybridized carbons (Fsp3) is 0.785. The second kappa shape index (κ2) is 25.5. The summed E-state index contributed by atoms with van der Waals surface area (Å²) < 4.78 is 59.8. The van der Waals surface area contributed by atoms with Gasteiger partial charge in [0.15, 0.2) is 37.2 Å². The zero-order valence-corrected chi connectivity index (χ0v) is 53.1. The molecule has 91 heavy (non-hydrogen) atoms. The highest BCUT2D eigenvalue weighted by Crippen LogP contribution is 2.80. The molecule has 0 amide bonds. The van der Waals surface area contributed by atoms with Gasteiger partial charge in [0.25, 0.3) is 0 Å². The van der Waals surface area contributed by atoms with Crippen molar-refractivity contribution in [3.63, 3.8) is 0 Å². The van der Waals surface area contributed by atoms with Gasteiger partial charge in [-0.25, -0.2) is 9.59 Å². The van der Waals surface area contributed by atoms with Gasteiger partial charge in [-0.3, -0.25) is 4.79 Å². The molecule has 0 spiro atoms. The number of esters is 2. The van der Waals surface area contributed by atoms with Crippen LogP contribution in [0.3, 0.4) is 0 Å². The van der Waals surface area contributed by atoms with Gasteiger partial charge in [0.05, 0.1) is 43.5 Å². The lowest BCUT2D eigenvalue weighted by atomic mass is 9.28. The Morgan fingerprint density at radius 1 is 0.626 bits per heavy atom. The van der Waals surface area contributed by atoms with Crippen LogP contribution in [0.25, 0.3) is 6.08 Å². The number of ether oxygens (including phenoxy) is 10. The first kappa shape index (κ1) is 69.7.